The Morgan fingerprint density at radius 2 is 2.45 bits per heavy atom. The molecule has 0 aromatic carbocycles. The van der Waals surface area contributed by atoms with E-state index in [1.807, 2.05) is 12.1 Å². The molecule has 5 heteroatoms. The first-order valence-corrected chi connectivity index (χ1v) is 5.12. The number of carbonyl (C=O) groups is 1. The lowest BCUT2D eigenvalue weighted by Gasteiger charge is -1.96. The second-order valence-corrected chi connectivity index (χ2v) is 4.59. The van der Waals surface area contributed by atoms with E-state index in [2.05, 4.69) is 33.9 Å². The zero-order valence-electron chi connectivity index (χ0n) is 5.50. The quantitative estimate of drug-likeness (QED) is 0.777. The van der Waals surface area contributed by atoms with E-state index >= 15 is 0 Å². The Morgan fingerprint density at radius 1 is 1.73 bits per heavy atom. The Bertz CT molecular complexity index is 261. The van der Waals surface area contributed by atoms with Crippen LogP contribution in [0.15, 0.2) is 15.9 Å². The second-order valence-electron chi connectivity index (χ2n) is 1.81. The highest BCUT2D eigenvalue weighted by Gasteiger charge is 2.00. The van der Waals surface area contributed by atoms with Crippen molar-refractivity contribution in [3.05, 3.63) is 15.9 Å². The van der Waals surface area contributed by atoms with Crippen LogP contribution in [0.2, 0.25) is 0 Å². The molecule has 0 aliphatic carbocycles. The molecule has 1 aromatic rings. The summed E-state index contributed by atoms with van der Waals surface area (Å²) in [6, 6.07) is 3.73. The molecule has 0 aliphatic rings. The minimum atomic E-state index is -0.0808. The van der Waals surface area contributed by atoms with E-state index in [0.29, 0.717) is 0 Å². The number of nitrogens with one attached hydrogen (secondary N) is 1. The average Bonchev–Trinajstić information content (AvgIpc) is 2.35. The molecule has 1 amide bonds. The average molecular weight is 252 g/mol. The van der Waals surface area contributed by atoms with Gasteiger partial charge in [0.05, 0.1) is 14.5 Å². The molecule has 0 saturated heterocycles. The lowest BCUT2D eigenvalue weighted by atomic mass is 10.6. The largest absolute Gasteiger partial charge is 0.317 e. The monoisotopic (exact) mass is 251 g/mol. The summed E-state index contributed by atoms with van der Waals surface area (Å²) in [6.45, 7) is 0. The van der Waals surface area contributed by atoms with Crippen molar-refractivity contribution in [2.24, 2.45) is 0 Å². The van der Waals surface area contributed by atoms with Crippen LogP contribution >= 0.6 is 39.9 Å². The van der Waals surface area contributed by atoms with Crippen LogP contribution in [0, 0.1) is 0 Å². The smallest absolute Gasteiger partial charge is 0.234 e. The lowest BCUT2D eigenvalue weighted by molar-refractivity contribution is -0.113. The molecule has 60 valence electrons. The second kappa shape index (κ2) is 4.13. The van der Waals surface area contributed by atoms with Gasteiger partial charge in [-0.1, -0.05) is 0 Å². The molecular formula is C6H6BrNOS2. The maximum absolute atomic E-state index is 10.8. The molecule has 0 aliphatic heterocycles. The molecule has 0 atom stereocenters. The van der Waals surface area contributed by atoms with Crippen LogP contribution < -0.4 is 5.32 Å². The molecule has 11 heavy (non-hydrogen) atoms. The van der Waals surface area contributed by atoms with E-state index in [1.165, 1.54) is 11.3 Å². The highest BCUT2D eigenvalue weighted by Crippen LogP contribution is 2.26. The third-order valence-corrected chi connectivity index (χ3v) is 2.81. The first-order valence-electron chi connectivity index (χ1n) is 2.88. The van der Waals surface area contributed by atoms with Gasteiger partial charge in [-0.2, -0.15) is 12.6 Å². The Morgan fingerprint density at radius 3 is 2.91 bits per heavy atom. The highest BCUT2D eigenvalue weighted by molar-refractivity contribution is 9.11. The fourth-order valence-electron chi connectivity index (χ4n) is 0.558. The summed E-state index contributed by atoms with van der Waals surface area (Å²) in [5.41, 5.74) is 0. The van der Waals surface area contributed by atoms with Crippen molar-refractivity contribution in [2.45, 2.75) is 0 Å². The number of carbonyl (C=O) groups excluding carboxylic acids is 1. The molecule has 0 bridgehead atoms. The maximum atomic E-state index is 10.8. The van der Waals surface area contributed by atoms with Gasteiger partial charge < -0.3 is 5.32 Å². The molecule has 1 rings (SSSR count). The van der Waals surface area contributed by atoms with Crippen LogP contribution in [-0.2, 0) is 4.79 Å². The molecule has 1 heterocycles. The first-order chi connectivity index (χ1) is 5.22. The number of hydrogen-bond acceptors (Lipinski definition) is 3. The van der Waals surface area contributed by atoms with Gasteiger partial charge in [-0.3, -0.25) is 4.79 Å². The fourth-order valence-corrected chi connectivity index (χ4v) is 1.94. The van der Waals surface area contributed by atoms with Crippen LogP contribution in [0.5, 0.6) is 0 Å². The molecule has 0 radical (unpaired) electrons. The van der Waals surface area contributed by atoms with Crippen molar-refractivity contribution in [2.75, 3.05) is 11.1 Å². The Labute approximate surface area is 82.5 Å². The summed E-state index contributed by atoms with van der Waals surface area (Å²) in [5, 5.41) is 3.53. The van der Waals surface area contributed by atoms with Gasteiger partial charge in [0.2, 0.25) is 5.91 Å². The van der Waals surface area contributed by atoms with Crippen molar-refractivity contribution >= 4 is 50.8 Å². The van der Waals surface area contributed by atoms with Gasteiger partial charge in [-0.15, -0.1) is 11.3 Å². The highest BCUT2D eigenvalue weighted by atomic mass is 79.9. The standard InChI is InChI=1S/C6H6BrNOS2/c7-4-1-2-6(11-4)8-5(9)3-10/h1-2,10H,3H2,(H,8,9). The molecule has 1 N–H and O–H groups in total. The van der Waals surface area contributed by atoms with Gasteiger partial charge in [0.15, 0.2) is 0 Å². The number of amides is 1. The number of anilines is 1. The molecule has 0 fully saturated rings. The van der Waals surface area contributed by atoms with E-state index in [-0.39, 0.29) is 11.7 Å². The van der Waals surface area contributed by atoms with Crippen LogP contribution in [0.1, 0.15) is 0 Å². The summed E-state index contributed by atoms with van der Waals surface area (Å²) >= 11 is 8.61. The predicted octanol–water partition coefficient (Wildman–Crippen LogP) is 2.38. The number of thiophene rings is 1. The van der Waals surface area contributed by atoms with Crippen LogP contribution in [0.3, 0.4) is 0 Å². The minimum absolute atomic E-state index is 0.0808. The molecule has 0 unspecified atom stereocenters. The summed E-state index contributed by atoms with van der Waals surface area (Å²) in [7, 11) is 0. The lowest BCUT2D eigenvalue weighted by Crippen LogP contribution is -2.11. The summed E-state index contributed by atoms with van der Waals surface area (Å²) in [5.74, 6) is 0.137. The summed E-state index contributed by atoms with van der Waals surface area (Å²) in [6.07, 6.45) is 0. The minimum Gasteiger partial charge on any atom is -0.317 e. The molecule has 2 nitrogen and oxygen atoms in total. The summed E-state index contributed by atoms with van der Waals surface area (Å²) < 4.78 is 1.01. The van der Waals surface area contributed by atoms with Crippen molar-refractivity contribution in [3.8, 4) is 0 Å². The first kappa shape index (κ1) is 9.09. The summed E-state index contributed by atoms with van der Waals surface area (Å²) in [4.78, 5) is 10.8. The molecule has 0 spiro atoms. The van der Waals surface area contributed by atoms with Crippen molar-refractivity contribution in [1.29, 1.82) is 0 Å². The predicted molar refractivity (Wildman–Crippen MR) is 54.5 cm³/mol. The SMILES string of the molecule is O=C(CS)Nc1ccc(Br)s1. The van der Waals surface area contributed by atoms with Crippen LogP contribution in [0.25, 0.3) is 0 Å². The number of hydrogen-bond donors (Lipinski definition) is 2. The van der Waals surface area contributed by atoms with Gasteiger partial charge in [-0.25, -0.2) is 0 Å². The third-order valence-electron chi connectivity index (χ3n) is 0.979. The van der Waals surface area contributed by atoms with Crippen molar-refractivity contribution in [1.82, 2.24) is 0 Å². The third kappa shape index (κ3) is 2.84. The molecule has 1 aromatic heterocycles. The number of thiol groups is 1. The Balaban J connectivity index is 2.57. The van der Waals surface area contributed by atoms with Crippen LogP contribution in [-0.4, -0.2) is 11.7 Å². The Kier molecular flexibility index (Phi) is 3.42. The van der Waals surface area contributed by atoms with E-state index in [4.69, 9.17) is 0 Å². The van der Waals surface area contributed by atoms with Crippen molar-refractivity contribution in [3.63, 3.8) is 0 Å². The zero-order chi connectivity index (χ0) is 8.27. The van der Waals surface area contributed by atoms with E-state index in [9.17, 15) is 4.79 Å². The van der Waals surface area contributed by atoms with E-state index in [0.717, 1.165) is 8.79 Å². The van der Waals surface area contributed by atoms with Gasteiger partial charge in [-0.05, 0) is 28.1 Å². The normalized spacial score (nSPS) is 9.64. The molecular weight excluding hydrogens is 246 g/mol. The fraction of sp³-hybridized carbons (Fsp3) is 0.167. The van der Waals surface area contributed by atoms with Gasteiger partial charge in [0, 0.05) is 0 Å². The van der Waals surface area contributed by atoms with Crippen molar-refractivity contribution < 1.29 is 4.79 Å². The van der Waals surface area contributed by atoms with E-state index in [1.54, 1.807) is 0 Å². The maximum Gasteiger partial charge on any atom is 0.234 e. The molecule has 0 saturated carbocycles. The van der Waals surface area contributed by atoms with E-state index < -0.39 is 0 Å². The number of rotatable bonds is 2. The van der Waals surface area contributed by atoms with Gasteiger partial charge in [0.1, 0.15) is 0 Å². The zero-order valence-corrected chi connectivity index (χ0v) is 8.80. The topological polar surface area (TPSA) is 29.1 Å². The number of halogens is 1. The van der Waals surface area contributed by atoms with Gasteiger partial charge in [0.25, 0.3) is 0 Å². The van der Waals surface area contributed by atoms with Crippen LogP contribution in [0.4, 0.5) is 5.00 Å². The Hall–Kier alpha value is -0.0000000000000000833. The van der Waals surface area contributed by atoms with Gasteiger partial charge >= 0.3 is 0 Å².